The van der Waals surface area contributed by atoms with Crippen molar-refractivity contribution in [2.24, 2.45) is 5.41 Å². The minimum absolute atomic E-state index is 0.199. The largest absolute Gasteiger partial charge is 0.393 e. The Morgan fingerprint density at radius 2 is 1.85 bits per heavy atom. The number of piperidine rings is 1. The van der Waals surface area contributed by atoms with E-state index in [4.69, 9.17) is 4.74 Å². The summed E-state index contributed by atoms with van der Waals surface area (Å²) >= 11 is 0. The fourth-order valence-electron chi connectivity index (χ4n) is 4.53. The lowest BCUT2D eigenvalue weighted by Gasteiger charge is -2.31. The highest BCUT2D eigenvalue weighted by atomic mass is 16.5. The number of rotatable bonds is 5. The molecule has 1 N–H and O–H groups in total. The monoisotopic (exact) mass is 375 g/mol. The SMILES string of the molecule is COCCN1CCC2(CCN(c3cc(N4CCC(O)CC4)ncn3)C2)C1=O. The first-order valence-corrected chi connectivity index (χ1v) is 9.90. The second-order valence-corrected chi connectivity index (χ2v) is 7.94. The molecule has 27 heavy (non-hydrogen) atoms. The molecule has 148 valence electrons. The number of carbonyl (C=O) groups is 1. The molecule has 0 aromatic carbocycles. The number of hydrogen-bond donors (Lipinski definition) is 1. The normalized spacial score (nSPS) is 26.6. The van der Waals surface area contributed by atoms with Crippen LogP contribution in [0.2, 0.25) is 0 Å². The Balaban J connectivity index is 1.43. The topological polar surface area (TPSA) is 82.0 Å². The van der Waals surface area contributed by atoms with Gasteiger partial charge in [0.15, 0.2) is 0 Å². The van der Waals surface area contributed by atoms with Gasteiger partial charge in [0.25, 0.3) is 0 Å². The zero-order chi connectivity index (χ0) is 18.9. The van der Waals surface area contributed by atoms with Crippen molar-refractivity contribution in [1.29, 1.82) is 0 Å². The van der Waals surface area contributed by atoms with E-state index in [0.29, 0.717) is 13.2 Å². The van der Waals surface area contributed by atoms with E-state index in [1.54, 1.807) is 13.4 Å². The first-order chi connectivity index (χ1) is 13.1. The van der Waals surface area contributed by atoms with Gasteiger partial charge in [-0.1, -0.05) is 0 Å². The molecule has 4 heterocycles. The molecule has 3 aliphatic rings. The average molecular weight is 375 g/mol. The van der Waals surface area contributed by atoms with Gasteiger partial charge in [-0.05, 0) is 25.7 Å². The number of aliphatic hydroxyl groups excluding tert-OH is 1. The van der Waals surface area contributed by atoms with Crippen molar-refractivity contribution < 1.29 is 14.6 Å². The molecule has 1 atom stereocenters. The number of aliphatic hydroxyl groups is 1. The standard InChI is InChI=1S/C19H29N5O3/c1-27-11-10-23-8-4-19(18(23)26)5-9-24(13-19)17-12-16(20-14-21-17)22-6-2-15(25)3-7-22/h12,14-15,25H,2-11,13H2,1H3. The molecule has 1 spiro atoms. The van der Waals surface area contributed by atoms with Gasteiger partial charge >= 0.3 is 0 Å². The fraction of sp³-hybridized carbons (Fsp3) is 0.737. The number of likely N-dealkylation sites (tertiary alicyclic amines) is 1. The molecule has 8 nitrogen and oxygen atoms in total. The van der Waals surface area contributed by atoms with Crippen molar-refractivity contribution in [3.05, 3.63) is 12.4 Å². The third kappa shape index (κ3) is 3.60. The van der Waals surface area contributed by atoms with E-state index in [1.807, 2.05) is 11.0 Å². The Kier molecular flexibility index (Phi) is 5.19. The minimum atomic E-state index is -0.270. The summed E-state index contributed by atoms with van der Waals surface area (Å²) in [5.74, 6) is 2.07. The quantitative estimate of drug-likeness (QED) is 0.803. The number of amides is 1. The number of hydrogen-bond acceptors (Lipinski definition) is 7. The Bertz CT molecular complexity index is 679. The smallest absolute Gasteiger partial charge is 0.230 e. The summed E-state index contributed by atoms with van der Waals surface area (Å²) in [5, 5.41) is 9.71. The first-order valence-electron chi connectivity index (χ1n) is 9.90. The van der Waals surface area contributed by atoms with Crippen molar-refractivity contribution >= 4 is 17.5 Å². The van der Waals surface area contributed by atoms with Crippen LogP contribution < -0.4 is 9.80 Å². The van der Waals surface area contributed by atoms with Crippen molar-refractivity contribution in [2.45, 2.75) is 31.8 Å². The van der Waals surface area contributed by atoms with Gasteiger partial charge in [0, 0.05) is 52.4 Å². The lowest BCUT2D eigenvalue weighted by Crippen LogP contribution is -2.38. The van der Waals surface area contributed by atoms with Crippen molar-refractivity contribution in [3.8, 4) is 0 Å². The molecule has 1 aromatic rings. The van der Waals surface area contributed by atoms with Gasteiger partial charge in [-0.25, -0.2) is 9.97 Å². The second-order valence-electron chi connectivity index (χ2n) is 7.94. The highest BCUT2D eigenvalue weighted by molar-refractivity contribution is 5.86. The number of carbonyl (C=O) groups excluding carboxylic acids is 1. The van der Waals surface area contributed by atoms with Crippen LogP contribution in [0.25, 0.3) is 0 Å². The van der Waals surface area contributed by atoms with E-state index in [1.165, 1.54) is 0 Å². The Morgan fingerprint density at radius 3 is 2.59 bits per heavy atom. The molecular weight excluding hydrogens is 346 g/mol. The molecule has 3 saturated heterocycles. The van der Waals surface area contributed by atoms with Crippen LogP contribution in [0.4, 0.5) is 11.6 Å². The second kappa shape index (κ2) is 7.59. The van der Waals surface area contributed by atoms with Crippen LogP contribution in [0.15, 0.2) is 12.4 Å². The van der Waals surface area contributed by atoms with E-state index in [2.05, 4.69) is 19.8 Å². The molecule has 1 aromatic heterocycles. The zero-order valence-corrected chi connectivity index (χ0v) is 16.0. The van der Waals surface area contributed by atoms with Gasteiger partial charge in [-0.2, -0.15) is 0 Å². The van der Waals surface area contributed by atoms with Crippen LogP contribution in [0, 0.1) is 5.41 Å². The molecular formula is C19H29N5O3. The maximum atomic E-state index is 12.9. The van der Waals surface area contributed by atoms with Gasteiger partial charge in [-0.3, -0.25) is 4.79 Å². The van der Waals surface area contributed by atoms with Crippen LogP contribution in [-0.2, 0) is 9.53 Å². The Hall–Kier alpha value is -1.93. The van der Waals surface area contributed by atoms with Crippen molar-refractivity contribution in [1.82, 2.24) is 14.9 Å². The molecule has 0 bridgehead atoms. The average Bonchev–Trinajstić information content (AvgIpc) is 3.26. The minimum Gasteiger partial charge on any atom is -0.393 e. The molecule has 0 radical (unpaired) electrons. The van der Waals surface area contributed by atoms with Crippen LogP contribution in [-0.4, -0.2) is 85.0 Å². The van der Waals surface area contributed by atoms with Gasteiger partial charge in [0.05, 0.1) is 18.1 Å². The number of nitrogens with zero attached hydrogens (tertiary/aromatic N) is 5. The maximum Gasteiger partial charge on any atom is 0.230 e. The molecule has 3 aliphatic heterocycles. The molecule has 3 fully saturated rings. The van der Waals surface area contributed by atoms with Crippen LogP contribution in [0.5, 0.6) is 0 Å². The summed E-state index contributed by atoms with van der Waals surface area (Å²) < 4.78 is 5.13. The predicted octanol–water partition coefficient (Wildman–Crippen LogP) is 0.513. The first kappa shape index (κ1) is 18.4. The molecule has 1 amide bonds. The van der Waals surface area contributed by atoms with Crippen molar-refractivity contribution in [2.75, 3.05) is 62.8 Å². The van der Waals surface area contributed by atoms with E-state index in [-0.39, 0.29) is 17.4 Å². The number of aromatic nitrogens is 2. The van der Waals surface area contributed by atoms with E-state index in [0.717, 1.165) is 70.0 Å². The Morgan fingerprint density at radius 1 is 1.15 bits per heavy atom. The van der Waals surface area contributed by atoms with E-state index < -0.39 is 0 Å². The van der Waals surface area contributed by atoms with E-state index >= 15 is 0 Å². The molecule has 1 unspecified atom stereocenters. The molecule has 0 aliphatic carbocycles. The summed E-state index contributed by atoms with van der Waals surface area (Å²) in [6, 6.07) is 2.03. The summed E-state index contributed by atoms with van der Waals surface area (Å²) in [7, 11) is 1.67. The van der Waals surface area contributed by atoms with Gasteiger partial charge in [0.1, 0.15) is 18.0 Å². The fourth-order valence-corrected chi connectivity index (χ4v) is 4.53. The highest BCUT2D eigenvalue weighted by Gasteiger charge is 2.50. The highest BCUT2D eigenvalue weighted by Crippen LogP contribution is 2.42. The number of anilines is 2. The molecule has 0 saturated carbocycles. The molecule has 8 heteroatoms. The van der Waals surface area contributed by atoms with Gasteiger partial charge in [0.2, 0.25) is 5.91 Å². The number of methoxy groups -OCH3 is 1. The van der Waals surface area contributed by atoms with Crippen molar-refractivity contribution in [3.63, 3.8) is 0 Å². The maximum absolute atomic E-state index is 12.9. The van der Waals surface area contributed by atoms with Crippen LogP contribution >= 0.6 is 0 Å². The van der Waals surface area contributed by atoms with E-state index in [9.17, 15) is 9.90 Å². The molecule has 4 rings (SSSR count). The van der Waals surface area contributed by atoms with Gasteiger partial charge in [-0.15, -0.1) is 0 Å². The van der Waals surface area contributed by atoms with Crippen LogP contribution in [0.3, 0.4) is 0 Å². The lowest BCUT2D eigenvalue weighted by atomic mass is 9.85. The van der Waals surface area contributed by atoms with Crippen LogP contribution in [0.1, 0.15) is 25.7 Å². The third-order valence-corrected chi connectivity index (χ3v) is 6.27. The number of ether oxygens (including phenoxy) is 1. The lowest BCUT2D eigenvalue weighted by molar-refractivity contribution is -0.135. The summed E-state index contributed by atoms with van der Waals surface area (Å²) in [4.78, 5) is 28.2. The third-order valence-electron chi connectivity index (χ3n) is 6.27. The summed E-state index contributed by atoms with van der Waals surface area (Å²) in [6.07, 6.45) is 4.76. The Labute approximate surface area is 160 Å². The summed E-state index contributed by atoms with van der Waals surface area (Å²) in [5.41, 5.74) is -0.270. The van der Waals surface area contributed by atoms with Gasteiger partial charge < -0.3 is 24.5 Å². The summed E-state index contributed by atoms with van der Waals surface area (Å²) in [6.45, 7) is 5.29. The predicted molar refractivity (Wildman–Crippen MR) is 102 cm³/mol. The zero-order valence-electron chi connectivity index (χ0n) is 16.0.